The number of carbonyl (C=O) groups is 2. The SMILES string of the molecule is COc1ccc2[nH]cc(CCNC(=O)CC(C)=O)c2c1. The highest BCUT2D eigenvalue weighted by molar-refractivity contribution is 5.96. The van der Waals surface area contributed by atoms with Gasteiger partial charge < -0.3 is 15.0 Å². The predicted octanol–water partition coefficient (Wildman–Crippen LogP) is 1.81. The van der Waals surface area contributed by atoms with Crippen molar-refractivity contribution in [1.29, 1.82) is 0 Å². The minimum atomic E-state index is -0.227. The third-order valence-electron chi connectivity index (χ3n) is 3.10. The van der Waals surface area contributed by atoms with Crippen LogP contribution in [0.3, 0.4) is 0 Å². The fourth-order valence-corrected chi connectivity index (χ4v) is 2.12. The van der Waals surface area contributed by atoms with E-state index >= 15 is 0 Å². The molecule has 1 aromatic carbocycles. The highest BCUT2D eigenvalue weighted by atomic mass is 16.5. The van der Waals surface area contributed by atoms with E-state index < -0.39 is 0 Å². The van der Waals surface area contributed by atoms with Gasteiger partial charge >= 0.3 is 0 Å². The van der Waals surface area contributed by atoms with Crippen LogP contribution in [0.25, 0.3) is 10.9 Å². The molecular formula is C15H18N2O3. The molecule has 0 aliphatic heterocycles. The lowest BCUT2D eigenvalue weighted by molar-refractivity contribution is -0.127. The number of fused-ring (bicyclic) bond motifs is 1. The van der Waals surface area contributed by atoms with Crippen LogP contribution in [0.15, 0.2) is 24.4 Å². The molecule has 1 heterocycles. The Balaban J connectivity index is 1.99. The van der Waals surface area contributed by atoms with Crippen LogP contribution in [0.2, 0.25) is 0 Å². The molecule has 2 rings (SSSR count). The molecule has 0 atom stereocenters. The van der Waals surface area contributed by atoms with E-state index in [9.17, 15) is 9.59 Å². The average molecular weight is 274 g/mol. The number of amides is 1. The van der Waals surface area contributed by atoms with Crippen molar-refractivity contribution in [3.8, 4) is 5.75 Å². The molecule has 1 amide bonds. The normalized spacial score (nSPS) is 10.5. The van der Waals surface area contributed by atoms with E-state index in [1.54, 1.807) is 7.11 Å². The maximum absolute atomic E-state index is 11.4. The lowest BCUT2D eigenvalue weighted by Gasteiger charge is -2.04. The molecule has 5 heteroatoms. The molecule has 0 aliphatic carbocycles. The minimum absolute atomic E-state index is 0.0539. The Hall–Kier alpha value is -2.30. The van der Waals surface area contributed by atoms with E-state index in [1.807, 2.05) is 24.4 Å². The number of nitrogens with one attached hydrogen (secondary N) is 2. The third kappa shape index (κ3) is 3.38. The zero-order valence-corrected chi connectivity index (χ0v) is 11.7. The number of ketones is 1. The summed E-state index contributed by atoms with van der Waals surface area (Å²) in [6, 6.07) is 5.84. The quantitative estimate of drug-likeness (QED) is 0.789. The lowest BCUT2D eigenvalue weighted by Crippen LogP contribution is -2.27. The van der Waals surface area contributed by atoms with Crippen LogP contribution in [-0.4, -0.2) is 30.3 Å². The lowest BCUT2D eigenvalue weighted by atomic mass is 10.1. The first-order valence-electron chi connectivity index (χ1n) is 6.50. The number of hydrogen-bond donors (Lipinski definition) is 2. The standard InChI is InChI=1S/C15H18N2O3/c1-10(18)7-15(19)16-6-5-11-9-17-14-4-3-12(20-2)8-13(11)14/h3-4,8-9,17H,5-7H2,1-2H3,(H,16,19). The van der Waals surface area contributed by atoms with Crippen LogP contribution < -0.4 is 10.1 Å². The van der Waals surface area contributed by atoms with Crippen LogP contribution in [0.4, 0.5) is 0 Å². The predicted molar refractivity (Wildman–Crippen MR) is 76.9 cm³/mol. The summed E-state index contributed by atoms with van der Waals surface area (Å²) in [5.41, 5.74) is 2.15. The van der Waals surface area contributed by atoms with Gasteiger partial charge in [-0.15, -0.1) is 0 Å². The van der Waals surface area contributed by atoms with E-state index in [2.05, 4.69) is 10.3 Å². The van der Waals surface area contributed by atoms with Gasteiger partial charge in [0.1, 0.15) is 11.5 Å². The largest absolute Gasteiger partial charge is 0.497 e. The second kappa shape index (κ2) is 6.23. The molecule has 2 aromatic rings. The molecular weight excluding hydrogens is 256 g/mol. The number of Topliss-reactive ketones (excluding diaryl/α,β-unsaturated/α-hetero) is 1. The Bertz CT molecular complexity index is 631. The van der Waals surface area contributed by atoms with Gasteiger partial charge in [0.15, 0.2) is 0 Å². The van der Waals surface area contributed by atoms with Crippen molar-refractivity contribution in [2.75, 3.05) is 13.7 Å². The zero-order valence-electron chi connectivity index (χ0n) is 11.7. The van der Waals surface area contributed by atoms with Crippen LogP contribution in [-0.2, 0) is 16.0 Å². The molecule has 2 N–H and O–H groups in total. The van der Waals surface area contributed by atoms with E-state index in [0.717, 1.165) is 22.2 Å². The Morgan fingerprint density at radius 3 is 2.85 bits per heavy atom. The van der Waals surface area contributed by atoms with Gasteiger partial charge in [-0.2, -0.15) is 0 Å². The maximum Gasteiger partial charge on any atom is 0.227 e. The van der Waals surface area contributed by atoms with E-state index in [1.165, 1.54) is 6.92 Å². The molecule has 20 heavy (non-hydrogen) atoms. The number of H-pyrrole nitrogens is 1. The molecule has 5 nitrogen and oxygen atoms in total. The maximum atomic E-state index is 11.4. The summed E-state index contributed by atoms with van der Waals surface area (Å²) in [6.07, 6.45) is 2.58. The zero-order chi connectivity index (χ0) is 14.5. The number of rotatable bonds is 6. The Morgan fingerprint density at radius 1 is 1.35 bits per heavy atom. The molecule has 1 aromatic heterocycles. The Morgan fingerprint density at radius 2 is 2.15 bits per heavy atom. The van der Waals surface area contributed by atoms with Gasteiger partial charge in [0, 0.05) is 23.6 Å². The fraction of sp³-hybridized carbons (Fsp3) is 0.333. The van der Waals surface area contributed by atoms with Crippen molar-refractivity contribution in [3.63, 3.8) is 0 Å². The average Bonchev–Trinajstić information content (AvgIpc) is 2.80. The van der Waals surface area contributed by atoms with Gasteiger partial charge in [-0.3, -0.25) is 9.59 Å². The molecule has 0 saturated carbocycles. The molecule has 0 radical (unpaired) electrons. The van der Waals surface area contributed by atoms with Crippen LogP contribution in [0, 0.1) is 0 Å². The van der Waals surface area contributed by atoms with E-state index in [0.29, 0.717) is 13.0 Å². The van der Waals surface area contributed by atoms with Gasteiger partial charge in [0.05, 0.1) is 13.5 Å². The summed E-state index contributed by atoms with van der Waals surface area (Å²) in [6.45, 7) is 1.92. The Labute approximate surface area is 117 Å². The highest BCUT2D eigenvalue weighted by Gasteiger charge is 2.07. The number of carbonyl (C=O) groups excluding carboxylic acids is 2. The van der Waals surface area contributed by atoms with Crippen LogP contribution in [0.1, 0.15) is 18.9 Å². The summed E-state index contributed by atoms with van der Waals surface area (Å²) in [7, 11) is 1.63. The summed E-state index contributed by atoms with van der Waals surface area (Å²) < 4.78 is 5.21. The number of ether oxygens (including phenoxy) is 1. The molecule has 0 saturated heterocycles. The van der Waals surface area contributed by atoms with Crippen molar-refractivity contribution in [2.45, 2.75) is 19.8 Å². The molecule has 0 bridgehead atoms. The molecule has 106 valence electrons. The van der Waals surface area contributed by atoms with Gasteiger partial charge in [-0.25, -0.2) is 0 Å². The topological polar surface area (TPSA) is 71.2 Å². The number of aromatic amines is 1. The first-order valence-corrected chi connectivity index (χ1v) is 6.50. The second-order valence-corrected chi connectivity index (χ2v) is 4.70. The summed E-state index contributed by atoms with van der Waals surface area (Å²) in [5.74, 6) is 0.452. The van der Waals surface area contributed by atoms with Gasteiger partial charge in [0.2, 0.25) is 5.91 Å². The van der Waals surface area contributed by atoms with Crippen molar-refractivity contribution < 1.29 is 14.3 Å². The van der Waals surface area contributed by atoms with Gasteiger partial charge in [-0.1, -0.05) is 0 Å². The van der Waals surface area contributed by atoms with Crippen molar-refractivity contribution >= 4 is 22.6 Å². The second-order valence-electron chi connectivity index (χ2n) is 4.70. The van der Waals surface area contributed by atoms with E-state index in [4.69, 9.17) is 4.74 Å². The number of methoxy groups -OCH3 is 1. The van der Waals surface area contributed by atoms with Crippen LogP contribution >= 0.6 is 0 Å². The van der Waals surface area contributed by atoms with Crippen molar-refractivity contribution in [3.05, 3.63) is 30.0 Å². The summed E-state index contributed by atoms with van der Waals surface area (Å²) in [4.78, 5) is 25.4. The van der Waals surface area contributed by atoms with Crippen LogP contribution in [0.5, 0.6) is 5.75 Å². The van der Waals surface area contributed by atoms with Gasteiger partial charge in [0.25, 0.3) is 0 Å². The number of aromatic nitrogens is 1. The monoisotopic (exact) mass is 274 g/mol. The summed E-state index contributed by atoms with van der Waals surface area (Å²) >= 11 is 0. The first kappa shape index (κ1) is 14.1. The molecule has 0 spiro atoms. The Kier molecular flexibility index (Phi) is 4.40. The van der Waals surface area contributed by atoms with E-state index in [-0.39, 0.29) is 18.1 Å². The smallest absolute Gasteiger partial charge is 0.227 e. The highest BCUT2D eigenvalue weighted by Crippen LogP contribution is 2.23. The molecule has 0 unspecified atom stereocenters. The minimum Gasteiger partial charge on any atom is -0.497 e. The number of hydrogen-bond acceptors (Lipinski definition) is 3. The first-order chi connectivity index (χ1) is 9.60. The molecule has 0 aliphatic rings. The van der Waals surface area contributed by atoms with Gasteiger partial charge in [-0.05, 0) is 37.1 Å². The summed E-state index contributed by atoms with van der Waals surface area (Å²) in [5, 5.41) is 3.83. The third-order valence-corrected chi connectivity index (χ3v) is 3.10. The van der Waals surface area contributed by atoms with Crippen molar-refractivity contribution in [1.82, 2.24) is 10.3 Å². The fourth-order valence-electron chi connectivity index (χ4n) is 2.12. The van der Waals surface area contributed by atoms with Crippen molar-refractivity contribution in [2.24, 2.45) is 0 Å². The molecule has 0 fully saturated rings. The number of benzene rings is 1.